The molecule has 0 unspecified atom stereocenters. The van der Waals surface area contributed by atoms with Gasteiger partial charge in [0.15, 0.2) is 5.82 Å². The van der Waals surface area contributed by atoms with E-state index in [-0.39, 0.29) is 6.61 Å². The summed E-state index contributed by atoms with van der Waals surface area (Å²) in [4.78, 5) is 0. The van der Waals surface area contributed by atoms with E-state index in [0.29, 0.717) is 11.0 Å². The van der Waals surface area contributed by atoms with Crippen LogP contribution in [-0.2, 0) is 6.61 Å². The van der Waals surface area contributed by atoms with E-state index in [1.54, 1.807) is 0 Å². The number of nitrogen functional groups attached to an aromatic ring is 1. The summed E-state index contributed by atoms with van der Waals surface area (Å²) in [5.74, 6) is 5.81. The number of thioether (sulfide) groups is 1. The summed E-state index contributed by atoms with van der Waals surface area (Å²) in [6, 6.07) is 0. The van der Waals surface area contributed by atoms with Gasteiger partial charge in [0.05, 0.1) is 0 Å². The monoisotopic (exact) mass is 160 g/mol. The molecule has 0 radical (unpaired) electrons. The number of nitrogens with zero attached hydrogens (tertiary/aromatic N) is 3. The van der Waals surface area contributed by atoms with Crippen molar-refractivity contribution in [2.24, 2.45) is 0 Å². The topological polar surface area (TPSA) is 77.0 Å². The fourth-order valence-corrected chi connectivity index (χ4v) is 0.979. The van der Waals surface area contributed by atoms with Gasteiger partial charge in [-0.3, -0.25) is 0 Å². The summed E-state index contributed by atoms with van der Waals surface area (Å²) in [6.07, 6.45) is 1.84. The molecule has 1 aromatic rings. The van der Waals surface area contributed by atoms with Gasteiger partial charge in [0.2, 0.25) is 5.16 Å². The quantitative estimate of drug-likeness (QED) is 0.438. The van der Waals surface area contributed by atoms with Gasteiger partial charge in [-0.25, -0.2) is 4.68 Å². The Kier molecular flexibility index (Phi) is 2.13. The highest BCUT2D eigenvalue weighted by Crippen LogP contribution is 2.08. The lowest BCUT2D eigenvalue weighted by atomic mass is 10.7. The standard InChI is InChI=1S/C4H8N4OS/c1-10-4-7-6-3(2-9)8(4)5/h9H,2,5H2,1H3. The molecule has 0 aliphatic carbocycles. The summed E-state index contributed by atoms with van der Waals surface area (Å²) in [5.41, 5.74) is 0. The fraction of sp³-hybridized carbons (Fsp3) is 0.500. The van der Waals surface area contributed by atoms with Gasteiger partial charge >= 0.3 is 0 Å². The first kappa shape index (κ1) is 7.36. The maximum atomic E-state index is 8.61. The Morgan fingerprint density at radius 2 is 2.40 bits per heavy atom. The average Bonchev–Trinajstić information content (AvgIpc) is 2.30. The third-order valence-corrected chi connectivity index (χ3v) is 1.70. The molecule has 0 aliphatic rings. The predicted molar refractivity (Wildman–Crippen MR) is 37.9 cm³/mol. The van der Waals surface area contributed by atoms with Crippen molar-refractivity contribution in [2.45, 2.75) is 11.8 Å². The van der Waals surface area contributed by atoms with Crippen LogP contribution in [0.5, 0.6) is 0 Å². The van der Waals surface area contributed by atoms with Gasteiger partial charge in [0, 0.05) is 0 Å². The Bertz CT molecular complexity index is 202. The number of aliphatic hydroxyl groups is 1. The Labute approximate surface area is 62.2 Å². The van der Waals surface area contributed by atoms with E-state index < -0.39 is 0 Å². The van der Waals surface area contributed by atoms with Gasteiger partial charge in [-0.05, 0) is 6.26 Å². The van der Waals surface area contributed by atoms with Crippen LogP contribution in [0.1, 0.15) is 5.82 Å². The Morgan fingerprint density at radius 1 is 1.70 bits per heavy atom. The average molecular weight is 160 g/mol. The predicted octanol–water partition coefficient (Wildman–Crippen LogP) is -0.794. The molecule has 0 fully saturated rings. The van der Waals surface area contributed by atoms with Crippen LogP contribution in [0.25, 0.3) is 0 Å². The van der Waals surface area contributed by atoms with Gasteiger partial charge in [0.25, 0.3) is 0 Å². The lowest BCUT2D eigenvalue weighted by Crippen LogP contribution is -2.13. The fourth-order valence-electron chi connectivity index (χ4n) is 0.554. The van der Waals surface area contributed by atoms with E-state index in [1.165, 1.54) is 16.4 Å². The molecule has 0 spiro atoms. The molecule has 56 valence electrons. The van der Waals surface area contributed by atoms with E-state index >= 15 is 0 Å². The first-order valence-electron chi connectivity index (χ1n) is 2.63. The van der Waals surface area contributed by atoms with Crippen LogP contribution >= 0.6 is 11.8 Å². The van der Waals surface area contributed by atoms with Crippen molar-refractivity contribution >= 4 is 11.8 Å². The number of rotatable bonds is 2. The molecule has 0 amide bonds. The summed E-state index contributed by atoms with van der Waals surface area (Å²) in [5, 5.41) is 16.5. The highest BCUT2D eigenvalue weighted by atomic mass is 32.2. The molecule has 0 aliphatic heterocycles. The molecule has 0 saturated carbocycles. The smallest absolute Gasteiger partial charge is 0.209 e. The highest BCUT2D eigenvalue weighted by molar-refractivity contribution is 7.98. The number of aliphatic hydroxyl groups excluding tert-OH is 1. The molecule has 0 bridgehead atoms. The van der Waals surface area contributed by atoms with Crippen LogP contribution in [0.2, 0.25) is 0 Å². The largest absolute Gasteiger partial charge is 0.388 e. The van der Waals surface area contributed by atoms with Crippen LogP contribution < -0.4 is 5.84 Å². The molecule has 1 heterocycles. The van der Waals surface area contributed by atoms with Crippen molar-refractivity contribution in [1.29, 1.82) is 0 Å². The van der Waals surface area contributed by atoms with E-state index in [2.05, 4.69) is 10.2 Å². The van der Waals surface area contributed by atoms with E-state index in [4.69, 9.17) is 10.9 Å². The summed E-state index contributed by atoms with van der Waals surface area (Å²) in [7, 11) is 0. The second kappa shape index (κ2) is 2.89. The third-order valence-electron chi connectivity index (χ3n) is 1.06. The van der Waals surface area contributed by atoms with Crippen molar-refractivity contribution in [2.75, 3.05) is 12.1 Å². The number of aromatic nitrogens is 3. The zero-order valence-electron chi connectivity index (χ0n) is 5.48. The summed E-state index contributed by atoms with van der Waals surface area (Å²) < 4.78 is 1.27. The molecular weight excluding hydrogens is 152 g/mol. The number of nitrogens with two attached hydrogens (primary N) is 1. The third kappa shape index (κ3) is 1.07. The van der Waals surface area contributed by atoms with Crippen LogP contribution in [0.4, 0.5) is 0 Å². The summed E-state index contributed by atoms with van der Waals surface area (Å²) >= 11 is 1.38. The zero-order valence-corrected chi connectivity index (χ0v) is 6.30. The molecule has 1 aromatic heterocycles. The second-order valence-corrected chi connectivity index (χ2v) is 2.40. The Morgan fingerprint density at radius 3 is 2.70 bits per heavy atom. The van der Waals surface area contributed by atoms with Crippen LogP contribution in [0, 0.1) is 0 Å². The SMILES string of the molecule is CSc1nnc(CO)n1N. The first-order chi connectivity index (χ1) is 4.79. The van der Waals surface area contributed by atoms with Crippen molar-refractivity contribution in [3.63, 3.8) is 0 Å². The van der Waals surface area contributed by atoms with E-state index in [0.717, 1.165) is 0 Å². The molecule has 3 N–H and O–H groups in total. The minimum absolute atomic E-state index is 0.177. The Hall–Kier alpha value is -0.750. The van der Waals surface area contributed by atoms with Crippen LogP contribution in [0.15, 0.2) is 5.16 Å². The van der Waals surface area contributed by atoms with Crippen molar-refractivity contribution in [3.8, 4) is 0 Å². The first-order valence-corrected chi connectivity index (χ1v) is 3.86. The van der Waals surface area contributed by atoms with Crippen LogP contribution in [-0.4, -0.2) is 26.2 Å². The van der Waals surface area contributed by atoms with E-state index in [1.807, 2.05) is 6.26 Å². The van der Waals surface area contributed by atoms with Gasteiger partial charge < -0.3 is 10.9 Å². The number of hydrogen-bond donors (Lipinski definition) is 2. The van der Waals surface area contributed by atoms with Crippen LogP contribution in [0.3, 0.4) is 0 Å². The van der Waals surface area contributed by atoms with Crippen molar-refractivity contribution in [3.05, 3.63) is 5.82 Å². The maximum absolute atomic E-state index is 8.61. The minimum atomic E-state index is -0.177. The maximum Gasteiger partial charge on any atom is 0.209 e. The minimum Gasteiger partial charge on any atom is -0.388 e. The molecular formula is C4H8N4OS. The second-order valence-electron chi connectivity index (χ2n) is 1.63. The van der Waals surface area contributed by atoms with Gasteiger partial charge in [0.1, 0.15) is 6.61 Å². The lowest BCUT2D eigenvalue weighted by molar-refractivity contribution is 0.267. The summed E-state index contributed by atoms with van der Waals surface area (Å²) in [6.45, 7) is -0.177. The molecule has 5 nitrogen and oxygen atoms in total. The molecule has 0 aromatic carbocycles. The highest BCUT2D eigenvalue weighted by Gasteiger charge is 2.05. The normalized spacial score (nSPS) is 10.2. The van der Waals surface area contributed by atoms with Crippen molar-refractivity contribution in [1.82, 2.24) is 14.9 Å². The molecule has 0 atom stereocenters. The van der Waals surface area contributed by atoms with Crippen molar-refractivity contribution < 1.29 is 5.11 Å². The van der Waals surface area contributed by atoms with E-state index in [9.17, 15) is 0 Å². The Balaban J connectivity index is 2.97. The van der Waals surface area contributed by atoms with Gasteiger partial charge in [-0.2, -0.15) is 0 Å². The van der Waals surface area contributed by atoms with Gasteiger partial charge in [-0.15, -0.1) is 10.2 Å². The zero-order chi connectivity index (χ0) is 7.56. The molecule has 1 rings (SSSR count). The lowest BCUT2D eigenvalue weighted by Gasteiger charge is -1.96. The number of hydrogen-bond acceptors (Lipinski definition) is 5. The molecule has 6 heteroatoms. The molecule has 0 saturated heterocycles. The molecule has 10 heavy (non-hydrogen) atoms. The van der Waals surface area contributed by atoms with Gasteiger partial charge in [-0.1, -0.05) is 11.8 Å².